The second-order valence-corrected chi connectivity index (χ2v) is 5.68. The molecular weight excluding hydrogens is 322 g/mol. The number of anilines is 1. The van der Waals surface area contributed by atoms with Crippen molar-refractivity contribution in [2.45, 2.75) is 12.5 Å². The van der Waals surface area contributed by atoms with E-state index in [4.69, 9.17) is 0 Å². The minimum Gasteiger partial charge on any atom is -0.396 e. The molecule has 1 amide bonds. The number of hydrogen-bond donors (Lipinski definition) is 2. The lowest BCUT2D eigenvalue weighted by Gasteiger charge is -2.27. The molecule has 7 nitrogen and oxygen atoms in total. The molecule has 0 radical (unpaired) electrons. The maximum absolute atomic E-state index is 12.3. The lowest BCUT2D eigenvalue weighted by molar-refractivity contribution is -0.383. The largest absolute Gasteiger partial charge is 0.396 e. The maximum atomic E-state index is 12.3. The van der Waals surface area contributed by atoms with Crippen molar-refractivity contribution in [2.24, 2.45) is 0 Å². The number of rotatable bonds is 8. The van der Waals surface area contributed by atoms with E-state index in [1.165, 1.54) is 12.1 Å². The number of carbonyl (C=O) groups is 1. The summed E-state index contributed by atoms with van der Waals surface area (Å²) in [6, 6.07) is 15.5. The summed E-state index contributed by atoms with van der Waals surface area (Å²) < 4.78 is 0. The Morgan fingerprint density at radius 2 is 1.84 bits per heavy atom. The first kappa shape index (κ1) is 18.6. The Morgan fingerprint density at radius 3 is 2.48 bits per heavy atom. The predicted octanol–water partition coefficient (Wildman–Crippen LogP) is 2.59. The maximum Gasteiger partial charge on any atom is 0.292 e. The average Bonchev–Trinajstić information content (AvgIpc) is 2.60. The summed E-state index contributed by atoms with van der Waals surface area (Å²) in [4.78, 5) is 24.6. The van der Waals surface area contributed by atoms with Gasteiger partial charge in [-0.2, -0.15) is 0 Å². The number of benzene rings is 2. The van der Waals surface area contributed by atoms with Crippen molar-refractivity contribution in [3.8, 4) is 0 Å². The first-order valence-corrected chi connectivity index (χ1v) is 7.92. The van der Waals surface area contributed by atoms with Crippen LogP contribution in [0.1, 0.15) is 18.0 Å². The van der Waals surface area contributed by atoms with Crippen LogP contribution in [-0.2, 0) is 4.79 Å². The predicted molar refractivity (Wildman–Crippen MR) is 95.2 cm³/mol. The smallest absolute Gasteiger partial charge is 0.292 e. The van der Waals surface area contributed by atoms with Crippen molar-refractivity contribution in [1.82, 2.24) is 4.90 Å². The molecule has 2 aromatic carbocycles. The van der Waals surface area contributed by atoms with E-state index in [1.807, 2.05) is 35.2 Å². The number of nitro benzene ring substituents is 1. The van der Waals surface area contributed by atoms with Crippen LogP contribution in [0.2, 0.25) is 0 Å². The topological polar surface area (TPSA) is 95.7 Å². The summed E-state index contributed by atoms with van der Waals surface area (Å²) >= 11 is 0. The van der Waals surface area contributed by atoms with Gasteiger partial charge in [0.2, 0.25) is 5.91 Å². The van der Waals surface area contributed by atoms with E-state index in [1.54, 1.807) is 19.2 Å². The molecule has 0 saturated heterocycles. The molecule has 25 heavy (non-hydrogen) atoms. The molecule has 0 aliphatic heterocycles. The van der Waals surface area contributed by atoms with E-state index in [2.05, 4.69) is 5.32 Å². The fourth-order valence-corrected chi connectivity index (χ4v) is 2.70. The molecule has 0 aromatic heterocycles. The van der Waals surface area contributed by atoms with E-state index in [0.29, 0.717) is 6.42 Å². The van der Waals surface area contributed by atoms with Gasteiger partial charge in [-0.05, 0) is 25.1 Å². The molecule has 0 bridgehead atoms. The first-order chi connectivity index (χ1) is 12.0. The molecule has 0 heterocycles. The summed E-state index contributed by atoms with van der Waals surface area (Å²) in [6.07, 6.45) is 0.485. The molecule has 0 aliphatic rings. The fourth-order valence-electron chi connectivity index (χ4n) is 2.70. The Morgan fingerprint density at radius 1 is 1.20 bits per heavy atom. The highest BCUT2D eigenvalue weighted by atomic mass is 16.6. The zero-order valence-electron chi connectivity index (χ0n) is 14.0. The van der Waals surface area contributed by atoms with Gasteiger partial charge in [0.1, 0.15) is 5.69 Å². The summed E-state index contributed by atoms with van der Waals surface area (Å²) in [5.41, 5.74) is 1.02. The van der Waals surface area contributed by atoms with Crippen LogP contribution in [0.25, 0.3) is 0 Å². The SMILES string of the molecule is CN(CC(=O)Nc1ccccc1[N+](=O)[O-])C(CCO)c1ccccc1. The highest BCUT2D eigenvalue weighted by Crippen LogP contribution is 2.25. The number of likely N-dealkylation sites (N-methyl/N-ethyl adjacent to an activating group) is 1. The minimum absolute atomic E-state index is 0.00429. The standard InChI is InChI=1S/C18H21N3O4/c1-20(16(11-12-22)14-7-3-2-4-8-14)13-18(23)19-15-9-5-6-10-17(15)21(24)25/h2-10,16,22H,11-13H2,1H3,(H,19,23). The van der Waals surface area contributed by atoms with Gasteiger partial charge >= 0.3 is 0 Å². The number of nitrogens with one attached hydrogen (secondary N) is 1. The van der Waals surface area contributed by atoms with Crippen molar-refractivity contribution in [2.75, 3.05) is 25.5 Å². The summed E-state index contributed by atoms with van der Waals surface area (Å²) in [5.74, 6) is -0.351. The third kappa shape index (κ3) is 5.10. The van der Waals surface area contributed by atoms with Crippen LogP contribution in [0.5, 0.6) is 0 Å². The van der Waals surface area contributed by atoms with Gasteiger partial charge in [-0.25, -0.2) is 0 Å². The first-order valence-electron chi connectivity index (χ1n) is 7.92. The van der Waals surface area contributed by atoms with Crippen LogP contribution in [0.3, 0.4) is 0 Å². The Labute approximate surface area is 146 Å². The Kier molecular flexibility index (Phi) is 6.62. The number of carbonyl (C=O) groups excluding carboxylic acids is 1. The second kappa shape index (κ2) is 8.91. The van der Waals surface area contributed by atoms with E-state index < -0.39 is 4.92 Å². The zero-order valence-corrected chi connectivity index (χ0v) is 14.0. The number of nitro groups is 1. The lowest BCUT2D eigenvalue weighted by atomic mass is 10.0. The molecule has 2 rings (SSSR count). The van der Waals surface area contributed by atoms with Crippen molar-refractivity contribution < 1.29 is 14.8 Å². The Hall–Kier alpha value is -2.77. The second-order valence-electron chi connectivity index (χ2n) is 5.68. The molecule has 2 N–H and O–H groups in total. The van der Waals surface area contributed by atoms with Gasteiger partial charge in [0.05, 0.1) is 11.5 Å². The molecule has 0 saturated carbocycles. The van der Waals surface area contributed by atoms with Crippen molar-refractivity contribution >= 4 is 17.3 Å². The molecule has 0 aliphatic carbocycles. The van der Waals surface area contributed by atoms with E-state index in [0.717, 1.165) is 5.56 Å². The van der Waals surface area contributed by atoms with Gasteiger partial charge < -0.3 is 10.4 Å². The molecule has 2 aromatic rings. The number of aliphatic hydroxyl groups excluding tert-OH is 1. The van der Waals surface area contributed by atoms with Crippen molar-refractivity contribution in [1.29, 1.82) is 0 Å². The van der Waals surface area contributed by atoms with Crippen LogP contribution in [0.4, 0.5) is 11.4 Å². The third-order valence-corrected chi connectivity index (χ3v) is 3.89. The lowest BCUT2D eigenvalue weighted by Crippen LogP contribution is -2.34. The third-order valence-electron chi connectivity index (χ3n) is 3.89. The van der Waals surface area contributed by atoms with Crippen LogP contribution in [0.15, 0.2) is 54.6 Å². The van der Waals surface area contributed by atoms with E-state index in [9.17, 15) is 20.0 Å². The fraction of sp³-hybridized carbons (Fsp3) is 0.278. The molecule has 1 unspecified atom stereocenters. The van der Waals surface area contributed by atoms with Crippen LogP contribution >= 0.6 is 0 Å². The number of nitrogens with zero attached hydrogens (tertiary/aromatic N) is 2. The van der Waals surface area contributed by atoms with Gasteiger partial charge in [-0.1, -0.05) is 42.5 Å². The summed E-state index contributed by atoms with van der Waals surface area (Å²) in [7, 11) is 1.78. The van der Waals surface area contributed by atoms with Crippen molar-refractivity contribution in [3.05, 3.63) is 70.3 Å². The minimum atomic E-state index is -0.530. The van der Waals surface area contributed by atoms with Gasteiger partial charge in [-0.15, -0.1) is 0 Å². The van der Waals surface area contributed by atoms with Gasteiger partial charge in [-0.3, -0.25) is 19.8 Å². The molecule has 0 fully saturated rings. The normalized spacial score (nSPS) is 12.0. The number of aliphatic hydroxyl groups is 1. The highest BCUT2D eigenvalue weighted by Gasteiger charge is 2.20. The van der Waals surface area contributed by atoms with Gasteiger partial charge in [0, 0.05) is 18.7 Å². The highest BCUT2D eigenvalue weighted by molar-refractivity contribution is 5.94. The number of amides is 1. The Bertz CT molecular complexity index is 721. The quantitative estimate of drug-likeness (QED) is 0.567. The molecule has 7 heteroatoms. The van der Waals surface area contributed by atoms with E-state index in [-0.39, 0.29) is 36.5 Å². The number of para-hydroxylation sites is 2. The Balaban J connectivity index is 2.07. The average molecular weight is 343 g/mol. The summed E-state index contributed by atoms with van der Waals surface area (Å²) in [5, 5.41) is 22.9. The molecular formula is C18H21N3O4. The molecule has 1 atom stereocenters. The monoisotopic (exact) mass is 343 g/mol. The van der Waals surface area contributed by atoms with E-state index >= 15 is 0 Å². The van der Waals surface area contributed by atoms with Crippen molar-refractivity contribution in [3.63, 3.8) is 0 Å². The van der Waals surface area contributed by atoms with Crippen LogP contribution in [-0.4, -0.2) is 41.0 Å². The van der Waals surface area contributed by atoms with Gasteiger partial charge in [0.25, 0.3) is 5.69 Å². The van der Waals surface area contributed by atoms with Crippen LogP contribution in [0, 0.1) is 10.1 Å². The van der Waals surface area contributed by atoms with Crippen LogP contribution < -0.4 is 5.32 Å². The van der Waals surface area contributed by atoms with Gasteiger partial charge in [0.15, 0.2) is 0 Å². The zero-order chi connectivity index (χ0) is 18.2. The molecule has 0 spiro atoms. The molecule has 132 valence electrons. The number of hydrogen-bond acceptors (Lipinski definition) is 5. The summed E-state index contributed by atoms with van der Waals surface area (Å²) in [6.45, 7) is 0.0429.